The standard InChI is InChI=1S/C22H30FN3O5/c1-22(2,3)31-21(29)24-17-8-9-26(19(17)27)18(14-15-4-6-16(23)7-5-15)20(28)25-10-12-30-13-11-25/h4-7,17-18H,8-14H2,1-3H3,(H,24,29)/t17-,18-/m0/s1. The minimum atomic E-state index is -0.747. The molecule has 170 valence electrons. The number of carbonyl (C=O) groups is 3. The van der Waals surface area contributed by atoms with E-state index in [2.05, 4.69) is 5.32 Å². The summed E-state index contributed by atoms with van der Waals surface area (Å²) in [5.74, 6) is -0.850. The summed E-state index contributed by atoms with van der Waals surface area (Å²) in [6.45, 7) is 7.39. The van der Waals surface area contributed by atoms with Gasteiger partial charge in [-0.1, -0.05) is 12.1 Å². The molecule has 9 heteroatoms. The minimum Gasteiger partial charge on any atom is -0.444 e. The van der Waals surface area contributed by atoms with E-state index in [9.17, 15) is 18.8 Å². The minimum absolute atomic E-state index is 0.168. The van der Waals surface area contributed by atoms with E-state index >= 15 is 0 Å². The first kappa shape index (κ1) is 23.0. The second kappa shape index (κ2) is 9.64. The molecule has 1 N–H and O–H groups in total. The molecular weight excluding hydrogens is 405 g/mol. The Hall–Kier alpha value is -2.68. The van der Waals surface area contributed by atoms with Crippen molar-refractivity contribution < 1.29 is 28.2 Å². The van der Waals surface area contributed by atoms with Crippen LogP contribution in [0.15, 0.2) is 24.3 Å². The van der Waals surface area contributed by atoms with Crippen LogP contribution < -0.4 is 5.32 Å². The van der Waals surface area contributed by atoms with Crippen LogP contribution in [-0.2, 0) is 25.5 Å². The number of hydrogen-bond donors (Lipinski definition) is 1. The molecule has 2 fully saturated rings. The van der Waals surface area contributed by atoms with Crippen LogP contribution >= 0.6 is 0 Å². The van der Waals surface area contributed by atoms with Gasteiger partial charge in [-0.3, -0.25) is 9.59 Å². The largest absolute Gasteiger partial charge is 0.444 e. The van der Waals surface area contributed by atoms with Gasteiger partial charge in [0.15, 0.2) is 0 Å². The molecule has 3 rings (SSSR count). The molecule has 8 nitrogen and oxygen atoms in total. The summed E-state index contributed by atoms with van der Waals surface area (Å²) >= 11 is 0. The third-order valence-electron chi connectivity index (χ3n) is 5.26. The van der Waals surface area contributed by atoms with Crippen molar-refractivity contribution >= 4 is 17.9 Å². The van der Waals surface area contributed by atoms with Gasteiger partial charge in [0, 0.05) is 26.1 Å². The van der Waals surface area contributed by atoms with Crippen LogP contribution in [-0.4, -0.2) is 78.2 Å². The summed E-state index contributed by atoms with van der Waals surface area (Å²) < 4.78 is 23.9. The molecule has 2 aliphatic rings. The first-order chi connectivity index (χ1) is 14.6. The van der Waals surface area contributed by atoms with Crippen molar-refractivity contribution in [3.05, 3.63) is 35.6 Å². The summed E-state index contributed by atoms with van der Waals surface area (Å²) in [5.41, 5.74) is 0.0763. The molecule has 0 spiro atoms. The van der Waals surface area contributed by atoms with Gasteiger partial charge >= 0.3 is 6.09 Å². The number of nitrogens with one attached hydrogen (secondary N) is 1. The predicted octanol–water partition coefficient (Wildman–Crippen LogP) is 1.72. The van der Waals surface area contributed by atoms with Crippen LogP contribution in [0.5, 0.6) is 0 Å². The lowest BCUT2D eigenvalue weighted by Crippen LogP contribution is -2.54. The molecule has 0 bridgehead atoms. The number of amides is 3. The van der Waals surface area contributed by atoms with Gasteiger partial charge in [-0.2, -0.15) is 0 Å². The number of hydrogen-bond acceptors (Lipinski definition) is 5. The van der Waals surface area contributed by atoms with Crippen molar-refractivity contribution in [2.45, 2.75) is 51.3 Å². The highest BCUT2D eigenvalue weighted by Crippen LogP contribution is 2.21. The third-order valence-corrected chi connectivity index (χ3v) is 5.26. The number of rotatable bonds is 5. The Labute approximate surface area is 181 Å². The van der Waals surface area contributed by atoms with Crippen LogP contribution in [0.25, 0.3) is 0 Å². The van der Waals surface area contributed by atoms with Crippen molar-refractivity contribution in [2.75, 3.05) is 32.8 Å². The molecule has 2 aliphatic heterocycles. The molecule has 0 aliphatic carbocycles. The lowest BCUT2D eigenvalue weighted by molar-refractivity contribution is -0.146. The zero-order chi connectivity index (χ0) is 22.6. The first-order valence-corrected chi connectivity index (χ1v) is 10.5. The number of ether oxygens (including phenoxy) is 2. The molecule has 0 saturated carbocycles. The summed E-state index contributed by atoms with van der Waals surface area (Å²) in [5, 5.41) is 2.61. The molecule has 2 saturated heterocycles. The molecule has 1 aromatic carbocycles. The molecule has 0 aromatic heterocycles. The number of nitrogens with zero attached hydrogens (tertiary/aromatic N) is 2. The van der Waals surface area contributed by atoms with Gasteiger partial charge in [0.25, 0.3) is 0 Å². The van der Waals surface area contributed by atoms with Gasteiger partial charge in [-0.15, -0.1) is 0 Å². The number of likely N-dealkylation sites (tertiary alicyclic amines) is 1. The van der Waals surface area contributed by atoms with Crippen molar-refractivity contribution in [1.82, 2.24) is 15.1 Å². The van der Waals surface area contributed by atoms with Gasteiger partial charge in [0.1, 0.15) is 23.5 Å². The number of halogens is 1. The van der Waals surface area contributed by atoms with Gasteiger partial charge in [-0.05, 0) is 44.9 Å². The highest BCUT2D eigenvalue weighted by molar-refractivity contribution is 5.93. The average molecular weight is 435 g/mol. The lowest BCUT2D eigenvalue weighted by Gasteiger charge is -2.34. The molecule has 2 atom stereocenters. The van der Waals surface area contributed by atoms with Crippen LogP contribution in [0, 0.1) is 5.82 Å². The van der Waals surface area contributed by atoms with Crippen molar-refractivity contribution in [3.63, 3.8) is 0 Å². The summed E-state index contributed by atoms with van der Waals surface area (Å²) in [4.78, 5) is 41.7. The normalized spacial score (nSPS) is 20.5. The summed E-state index contributed by atoms with van der Waals surface area (Å²) in [7, 11) is 0. The van der Waals surface area contributed by atoms with E-state index in [0.717, 1.165) is 5.56 Å². The molecule has 2 heterocycles. The van der Waals surface area contributed by atoms with Crippen LogP contribution in [0.4, 0.5) is 9.18 Å². The van der Waals surface area contributed by atoms with E-state index < -0.39 is 23.8 Å². The highest BCUT2D eigenvalue weighted by Gasteiger charge is 2.41. The van der Waals surface area contributed by atoms with Crippen molar-refractivity contribution in [1.29, 1.82) is 0 Å². The summed E-state index contributed by atoms with van der Waals surface area (Å²) in [6, 6.07) is 4.43. The smallest absolute Gasteiger partial charge is 0.408 e. The fourth-order valence-electron chi connectivity index (χ4n) is 3.76. The maximum Gasteiger partial charge on any atom is 0.408 e. The Kier molecular flexibility index (Phi) is 7.15. The van der Waals surface area contributed by atoms with Gasteiger partial charge in [-0.25, -0.2) is 9.18 Å². The lowest BCUT2D eigenvalue weighted by atomic mass is 10.0. The zero-order valence-electron chi connectivity index (χ0n) is 18.2. The first-order valence-electron chi connectivity index (χ1n) is 10.5. The number of morpholine rings is 1. The Bertz CT molecular complexity index is 802. The van der Waals surface area contributed by atoms with Gasteiger partial charge in [0.05, 0.1) is 13.2 Å². The van der Waals surface area contributed by atoms with Crippen LogP contribution in [0.1, 0.15) is 32.8 Å². The van der Waals surface area contributed by atoms with E-state index in [-0.39, 0.29) is 24.1 Å². The van der Waals surface area contributed by atoms with Crippen LogP contribution in [0.3, 0.4) is 0 Å². The Morgan fingerprint density at radius 3 is 2.45 bits per heavy atom. The second-order valence-corrected chi connectivity index (χ2v) is 8.80. The van der Waals surface area contributed by atoms with Crippen LogP contribution in [0.2, 0.25) is 0 Å². The zero-order valence-corrected chi connectivity index (χ0v) is 18.2. The summed E-state index contributed by atoms with van der Waals surface area (Å²) in [6.07, 6.45) is -0.0160. The van der Waals surface area contributed by atoms with E-state index in [0.29, 0.717) is 39.3 Å². The van der Waals surface area contributed by atoms with Crippen molar-refractivity contribution in [2.24, 2.45) is 0 Å². The second-order valence-electron chi connectivity index (χ2n) is 8.80. The molecule has 0 radical (unpaired) electrons. The Balaban J connectivity index is 1.74. The fourth-order valence-corrected chi connectivity index (χ4v) is 3.76. The fraction of sp³-hybridized carbons (Fsp3) is 0.591. The monoisotopic (exact) mass is 435 g/mol. The topological polar surface area (TPSA) is 88.2 Å². The quantitative estimate of drug-likeness (QED) is 0.761. The molecule has 0 unspecified atom stereocenters. The van der Waals surface area contributed by atoms with E-state index in [4.69, 9.17) is 9.47 Å². The van der Waals surface area contributed by atoms with E-state index in [1.807, 2.05) is 0 Å². The van der Waals surface area contributed by atoms with Gasteiger partial charge in [0.2, 0.25) is 11.8 Å². The predicted molar refractivity (Wildman–Crippen MR) is 111 cm³/mol. The number of alkyl carbamates (subject to hydrolysis) is 1. The number of benzene rings is 1. The van der Waals surface area contributed by atoms with Crippen molar-refractivity contribution in [3.8, 4) is 0 Å². The Morgan fingerprint density at radius 2 is 1.84 bits per heavy atom. The Morgan fingerprint density at radius 1 is 1.19 bits per heavy atom. The van der Waals surface area contributed by atoms with E-state index in [1.165, 1.54) is 17.0 Å². The molecule has 3 amide bonds. The molecule has 1 aromatic rings. The molecular formula is C22H30FN3O5. The average Bonchev–Trinajstić information content (AvgIpc) is 3.06. The van der Waals surface area contributed by atoms with E-state index in [1.54, 1.807) is 37.8 Å². The maximum absolute atomic E-state index is 13.3. The number of carbonyl (C=O) groups excluding carboxylic acids is 3. The highest BCUT2D eigenvalue weighted by atomic mass is 19.1. The third kappa shape index (κ3) is 6.16. The van der Waals surface area contributed by atoms with Gasteiger partial charge < -0.3 is 24.6 Å². The maximum atomic E-state index is 13.3. The SMILES string of the molecule is CC(C)(C)OC(=O)N[C@H]1CCN([C@@H](Cc2ccc(F)cc2)C(=O)N2CCOCC2)C1=O. The molecule has 31 heavy (non-hydrogen) atoms.